The molecule has 5 heteroatoms. The number of nitrogens with one attached hydrogen (secondary N) is 1. The van der Waals surface area contributed by atoms with Gasteiger partial charge in [0.05, 0.1) is 6.20 Å². The molecule has 0 spiro atoms. The fourth-order valence-electron chi connectivity index (χ4n) is 1.69. The molecule has 1 N–H and O–H groups in total. The third kappa shape index (κ3) is 3.12. The summed E-state index contributed by atoms with van der Waals surface area (Å²) in [7, 11) is 0. The van der Waals surface area contributed by atoms with Gasteiger partial charge in [-0.3, -0.25) is 0 Å². The van der Waals surface area contributed by atoms with Gasteiger partial charge < -0.3 is 5.32 Å². The Labute approximate surface area is 116 Å². The lowest BCUT2D eigenvalue weighted by molar-refractivity contribution is 0.923. The standard InChI is InChI=1S/C13H13Cl2N3/c1-2-5-9-6-3-4-7-11(9)17-12-10(14)8-16-13(15)18-12/h3-4,6-8H,2,5H2,1H3,(H,16,17,18). The summed E-state index contributed by atoms with van der Waals surface area (Å²) in [5.41, 5.74) is 2.22. The van der Waals surface area contributed by atoms with Gasteiger partial charge in [0.2, 0.25) is 5.28 Å². The van der Waals surface area contributed by atoms with Gasteiger partial charge in [-0.15, -0.1) is 0 Å². The Bertz CT molecular complexity index is 544. The van der Waals surface area contributed by atoms with E-state index in [-0.39, 0.29) is 5.28 Å². The van der Waals surface area contributed by atoms with Crippen molar-refractivity contribution in [3.8, 4) is 0 Å². The molecule has 1 heterocycles. The molecule has 2 aromatic rings. The maximum atomic E-state index is 6.03. The van der Waals surface area contributed by atoms with E-state index in [1.54, 1.807) is 0 Å². The largest absolute Gasteiger partial charge is 0.339 e. The fraction of sp³-hybridized carbons (Fsp3) is 0.231. The van der Waals surface area contributed by atoms with Crippen molar-refractivity contribution in [2.75, 3.05) is 5.32 Å². The predicted octanol–water partition coefficient (Wildman–Crippen LogP) is 4.48. The molecule has 3 nitrogen and oxygen atoms in total. The van der Waals surface area contributed by atoms with Gasteiger partial charge in [0.25, 0.3) is 0 Å². The molecule has 0 aliphatic heterocycles. The van der Waals surface area contributed by atoms with Crippen molar-refractivity contribution in [1.29, 1.82) is 0 Å². The van der Waals surface area contributed by atoms with Crippen LogP contribution in [0, 0.1) is 0 Å². The van der Waals surface area contributed by atoms with Crippen LogP contribution in [0.5, 0.6) is 0 Å². The molecule has 0 unspecified atom stereocenters. The maximum Gasteiger partial charge on any atom is 0.224 e. The molecule has 0 saturated heterocycles. The normalized spacial score (nSPS) is 10.4. The monoisotopic (exact) mass is 281 g/mol. The number of benzene rings is 1. The molecule has 0 amide bonds. The van der Waals surface area contributed by atoms with Gasteiger partial charge in [0.1, 0.15) is 5.02 Å². The van der Waals surface area contributed by atoms with E-state index < -0.39 is 0 Å². The van der Waals surface area contributed by atoms with Crippen molar-refractivity contribution in [2.45, 2.75) is 19.8 Å². The summed E-state index contributed by atoms with van der Waals surface area (Å²) in [6.07, 6.45) is 3.57. The summed E-state index contributed by atoms with van der Waals surface area (Å²) >= 11 is 11.8. The van der Waals surface area contributed by atoms with E-state index in [0.717, 1.165) is 18.5 Å². The zero-order chi connectivity index (χ0) is 13.0. The van der Waals surface area contributed by atoms with Crippen LogP contribution in [-0.2, 0) is 6.42 Å². The Kier molecular flexibility index (Phi) is 4.39. The molecule has 0 bridgehead atoms. The number of anilines is 2. The number of aromatic nitrogens is 2. The molecule has 0 atom stereocenters. The topological polar surface area (TPSA) is 37.8 Å². The highest BCUT2D eigenvalue weighted by molar-refractivity contribution is 6.33. The molecular weight excluding hydrogens is 269 g/mol. The SMILES string of the molecule is CCCc1ccccc1Nc1nc(Cl)ncc1Cl. The van der Waals surface area contributed by atoms with E-state index in [1.807, 2.05) is 18.2 Å². The molecule has 0 aliphatic carbocycles. The second-order valence-corrected chi connectivity index (χ2v) is 4.61. The third-order valence-electron chi connectivity index (χ3n) is 2.50. The Morgan fingerprint density at radius 3 is 2.78 bits per heavy atom. The molecule has 94 valence electrons. The zero-order valence-corrected chi connectivity index (χ0v) is 11.5. The first-order chi connectivity index (χ1) is 8.70. The van der Waals surface area contributed by atoms with Gasteiger partial charge in [-0.25, -0.2) is 4.98 Å². The highest BCUT2D eigenvalue weighted by atomic mass is 35.5. The first-order valence-corrected chi connectivity index (χ1v) is 6.49. The Morgan fingerprint density at radius 2 is 2.00 bits per heavy atom. The number of nitrogens with zero attached hydrogens (tertiary/aromatic N) is 2. The average molecular weight is 282 g/mol. The predicted molar refractivity (Wildman–Crippen MR) is 75.8 cm³/mol. The second-order valence-electron chi connectivity index (χ2n) is 3.87. The average Bonchev–Trinajstić information content (AvgIpc) is 2.36. The molecule has 0 radical (unpaired) electrons. The number of hydrogen-bond acceptors (Lipinski definition) is 3. The first-order valence-electron chi connectivity index (χ1n) is 5.73. The number of halogens is 2. The van der Waals surface area contributed by atoms with Crippen LogP contribution in [0.15, 0.2) is 30.5 Å². The lowest BCUT2D eigenvalue weighted by Gasteiger charge is -2.11. The lowest BCUT2D eigenvalue weighted by Crippen LogP contribution is -1.99. The van der Waals surface area contributed by atoms with E-state index in [0.29, 0.717) is 10.8 Å². The van der Waals surface area contributed by atoms with Gasteiger partial charge in [-0.1, -0.05) is 43.1 Å². The Morgan fingerprint density at radius 1 is 1.22 bits per heavy atom. The van der Waals surface area contributed by atoms with Crippen LogP contribution in [0.4, 0.5) is 11.5 Å². The van der Waals surface area contributed by atoms with E-state index in [1.165, 1.54) is 11.8 Å². The molecule has 0 fully saturated rings. The minimum atomic E-state index is 0.176. The third-order valence-corrected chi connectivity index (χ3v) is 2.96. The molecular formula is C13H13Cl2N3. The second kappa shape index (κ2) is 6.03. The fourth-order valence-corrected chi connectivity index (χ4v) is 1.96. The van der Waals surface area contributed by atoms with Crippen molar-refractivity contribution in [1.82, 2.24) is 9.97 Å². The quantitative estimate of drug-likeness (QED) is 0.840. The summed E-state index contributed by atoms with van der Waals surface area (Å²) in [6, 6.07) is 8.07. The molecule has 1 aromatic heterocycles. The highest BCUT2D eigenvalue weighted by Crippen LogP contribution is 2.26. The van der Waals surface area contributed by atoms with E-state index in [9.17, 15) is 0 Å². The van der Waals surface area contributed by atoms with Gasteiger partial charge in [-0.2, -0.15) is 4.98 Å². The van der Waals surface area contributed by atoms with Crippen LogP contribution in [0.1, 0.15) is 18.9 Å². The highest BCUT2D eigenvalue weighted by Gasteiger charge is 2.07. The van der Waals surface area contributed by atoms with Crippen LogP contribution >= 0.6 is 23.2 Å². The number of aryl methyl sites for hydroxylation is 1. The van der Waals surface area contributed by atoms with E-state index in [4.69, 9.17) is 23.2 Å². The van der Waals surface area contributed by atoms with Crippen molar-refractivity contribution >= 4 is 34.7 Å². The Balaban J connectivity index is 2.30. The smallest absolute Gasteiger partial charge is 0.224 e. The van der Waals surface area contributed by atoms with Crippen molar-refractivity contribution < 1.29 is 0 Å². The van der Waals surface area contributed by atoms with Crippen LogP contribution in [0.2, 0.25) is 10.3 Å². The van der Waals surface area contributed by atoms with Crippen LogP contribution in [0.3, 0.4) is 0 Å². The maximum absolute atomic E-state index is 6.03. The van der Waals surface area contributed by atoms with Gasteiger partial charge in [0.15, 0.2) is 5.82 Å². The summed E-state index contributed by atoms with van der Waals surface area (Å²) in [6.45, 7) is 2.14. The van der Waals surface area contributed by atoms with Crippen LogP contribution in [0.25, 0.3) is 0 Å². The van der Waals surface area contributed by atoms with Crippen molar-refractivity contribution in [3.05, 3.63) is 46.3 Å². The molecule has 18 heavy (non-hydrogen) atoms. The van der Waals surface area contributed by atoms with Gasteiger partial charge >= 0.3 is 0 Å². The molecule has 0 saturated carbocycles. The summed E-state index contributed by atoms with van der Waals surface area (Å²) in [4.78, 5) is 7.90. The molecule has 2 rings (SSSR count). The number of para-hydroxylation sites is 1. The number of rotatable bonds is 4. The zero-order valence-electron chi connectivity index (χ0n) is 9.95. The van der Waals surface area contributed by atoms with Crippen molar-refractivity contribution in [3.63, 3.8) is 0 Å². The van der Waals surface area contributed by atoms with Crippen LogP contribution in [-0.4, -0.2) is 9.97 Å². The van der Waals surface area contributed by atoms with E-state index >= 15 is 0 Å². The lowest BCUT2D eigenvalue weighted by atomic mass is 10.1. The minimum absolute atomic E-state index is 0.176. The molecule has 0 aliphatic rings. The number of hydrogen-bond donors (Lipinski definition) is 1. The van der Waals surface area contributed by atoms with Gasteiger partial charge in [-0.05, 0) is 29.7 Å². The Hall–Kier alpha value is -1.32. The summed E-state index contributed by atoms with van der Waals surface area (Å²) < 4.78 is 0. The summed E-state index contributed by atoms with van der Waals surface area (Å²) in [5.74, 6) is 0.528. The van der Waals surface area contributed by atoms with Crippen LogP contribution < -0.4 is 5.32 Å². The van der Waals surface area contributed by atoms with Crippen molar-refractivity contribution in [2.24, 2.45) is 0 Å². The summed E-state index contributed by atoms with van der Waals surface area (Å²) in [5, 5.41) is 3.82. The van der Waals surface area contributed by atoms with Gasteiger partial charge in [0, 0.05) is 5.69 Å². The first kappa shape index (κ1) is 13.1. The van der Waals surface area contributed by atoms with E-state index in [2.05, 4.69) is 28.3 Å². The minimum Gasteiger partial charge on any atom is -0.339 e. The molecule has 1 aromatic carbocycles.